The predicted molar refractivity (Wildman–Crippen MR) is 93.1 cm³/mol. The molecule has 4 heteroatoms. The van der Waals surface area contributed by atoms with Crippen LogP contribution in [-0.2, 0) is 11.2 Å². The van der Waals surface area contributed by atoms with Crippen LogP contribution in [-0.4, -0.2) is 35.3 Å². The smallest absolute Gasteiger partial charge is 0.152 e. The molecule has 2 heterocycles. The summed E-state index contributed by atoms with van der Waals surface area (Å²) in [6, 6.07) is 13.8. The summed E-state index contributed by atoms with van der Waals surface area (Å²) in [7, 11) is 0. The van der Waals surface area contributed by atoms with Gasteiger partial charge in [-0.3, -0.25) is 9.69 Å². The highest BCUT2D eigenvalue weighted by Crippen LogP contribution is 2.24. The lowest BCUT2D eigenvalue weighted by Gasteiger charge is -2.25. The first-order valence-electron chi connectivity index (χ1n) is 8.27. The van der Waals surface area contributed by atoms with Crippen molar-refractivity contribution in [1.82, 2.24) is 9.88 Å². The van der Waals surface area contributed by atoms with Crippen molar-refractivity contribution >= 4 is 11.6 Å². The number of hydrogen-bond donors (Lipinski definition) is 1. The number of pyridine rings is 1. The Labute approximate surface area is 137 Å². The van der Waals surface area contributed by atoms with Crippen LogP contribution < -0.4 is 5.73 Å². The summed E-state index contributed by atoms with van der Waals surface area (Å²) in [6.45, 7) is 2.60. The Morgan fingerprint density at radius 3 is 2.48 bits per heavy atom. The first kappa shape index (κ1) is 15.7. The van der Waals surface area contributed by atoms with Crippen molar-refractivity contribution in [2.75, 3.05) is 25.4 Å². The molecule has 120 valence electrons. The van der Waals surface area contributed by atoms with Gasteiger partial charge in [-0.2, -0.15) is 0 Å². The Bertz CT molecular complexity index is 664. The fraction of sp³-hybridized carbons (Fsp3) is 0.368. The van der Waals surface area contributed by atoms with Crippen molar-refractivity contribution in [2.45, 2.75) is 25.7 Å². The number of Topliss-reactive ketones (excluding diaryl/α,β-unsaturated/α-hetero) is 1. The van der Waals surface area contributed by atoms with Crippen LogP contribution in [0.2, 0.25) is 0 Å². The molecule has 0 atom stereocenters. The minimum Gasteiger partial charge on any atom is -0.383 e. The number of benzene rings is 1. The van der Waals surface area contributed by atoms with Gasteiger partial charge in [-0.15, -0.1) is 0 Å². The average Bonchev–Trinajstić information content (AvgIpc) is 2.56. The van der Waals surface area contributed by atoms with Gasteiger partial charge in [0.25, 0.3) is 0 Å². The van der Waals surface area contributed by atoms with Crippen LogP contribution >= 0.6 is 0 Å². The highest BCUT2D eigenvalue weighted by atomic mass is 16.1. The number of rotatable bonds is 5. The van der Waals surface area contributed by atoms with Crippen molar-refractivity contribution in [2.24, 2.45) is 0 Å². The number of carbonyl (C=O) groups excluding carboxylic acids is 1. The summed E-state index contributed by atoms with van der Waals surface area (Å²) in [6.07, 6.45) is 4.04. The fourth-order valence-electron chi connectivity index (χ4n) is 3.10. The van der Waals surface area contributed by atoms with Gasteiger partial charge in [0.2, 0.25) is 0 Å². The van der Waals surface area contributed by atoms with Crippen molar-refractivity contribution in [3.05, 3.63) is 48.2 Å². The molecule has 1 aromatic carbocycles. The number of ketones is 1. The molecule has 1 fully saturated rings. The van der Waals surface area contributed by atoms with Crippen molar-refractivity contribution in [3.8, 4) is 11.1 Å². The van der Waals surface area contributed by atoms with Crippen LogP contribution in [0.25, 0.3) is 11.1 Å². The minimum atomic E-state index is 0.214. The van der Waals surface area contributed by atoms with E-state index in [1.54, 1.807) is 0 Å². The van der Waals surface area contributed by atoms with E-state index in [1.807, 2.05) is 42.5 Å². The predicted octanol–water partition coefficient (Wildman–Crippen LogP) is 2.93. The van der Waals surface area contributed by atoms with E-state index in [9.17, 15) is 4.79 Å². The van der Waals surface area contributed by atoms with Gasteiger partial charge in [0.05, 0.1) is 18.7 Å². The number of hydrogen-bond acceptors (Lipinski definition) is 4. The van der Waals surface area contributed by atoms with E-state index in [0.29, 0.717) is 18.8 Å². The van der Waals surface area contributed by atoms with Crippen molar-refractivity contribution in [3.63, 3.8) is 0 Å². The van der Waals surface area contributed by atoms with Gasteiger partial charge >= 0.3 is 0 Å². The van der Waals surface area contributed by atoms with Gasteiger partial charge < -0.3 is 5.73 Å². The van der Waals surface area contributed by atoms with Crippen LogP contribution in [0.1, 0.15) is 25.0 Å². The monoisotopic (exact) mass is 309 g/mol. The summed E-state index contributed by atoms with van der Waals surface area (Å²) in [5, 5.41) is 0. The highest BCUT2D eigenvalue weighted by molar-refractivity contribution is 5.83. The summed E-state index contributed by atoms with van der Waals surface area (Å²) in [5.74, 6) is 0.700. The molecule has 0 spiro atoms. The van der Waals surface area contributed by atoms with Gasteiger partial charge in [0.15, 0.2) is 5.78 Å². The molecule has 23 heavy (non-hydrogen) atoms. The lowest BCUT2D eigenvalue weighted by Crippen LogP contribution is -2.35. The van der Waals surface area contributed by atoms with Crippen LogP contribution in [0.4, 0.5) is 5.82 Å². The molecule has 1 saturated heterocycles. The standard InChI is InChI=1S/C19H23N3O/c20-19-18(15-7-3-1-4-8-15)10-9-16(21-19)13-17(23)14-22-11-5-2-6-12-22/h1,3-4,7-10H,2,5-6,11-14H2,(H2,20,21). The number of likely N-dealkylation sites (tertiary alicyclic amines) is 1. The zero-order valence-corrected chi connectivity index (χ0v) is 13.4. The molecule has 1 aliphatic heterocycles. The lowest BCUT2D eigenvalue weighted by molar-refractivity contribution is -0.119. The van der Waals surface area contributed by atoms with E-state index >= 15 is 0 Å². The zero-order valence-electron chi connectivity index (χ0n) is 13.4. The molecule has 0 amide bonds. The second-order valence-corrected chi connectivity index (χ2v) is 6.15. The number of anilines is 1. The van der Waals surface area contributed by atoms with E-state index in [1.165, 1.54) is 19.3 Å². The second kappa shape index (κ2) is 7.38. The number of aromatic nitrogens is 1. The van der Waals surface area contributed by atoms with Crippen LogP contribution in [0.5, 0.6) is 0 Å². The topological polar surface area (TPSA) is 59.2 Å². The molecular formula is C19H23N3O. The zero-order chi connectivity index (χ0) is 16.1. The number of carbonyl (C=O) groups is 1. The summed E-state index contributed by atoms with van der Waals surface area (Å²) >= 11 is 0. The maximum atomic E-state index is 12.2. The third-order valence-electron chi connectivity index (χ3n) is 4.29. The Hall–Kier alpha value is -2.20. The maximum Gasteiger partial charge on any atom is 0.152 e. The molecule has 2 aromatic rings. The van der Waals surface area contributed by atoms with E-state index in [4.69, 9.17) is 5.73 Å². The molecule has 0 bridgehead atoms. The maximum absolute atomic E-state index is 12.2. The normalized spacial score (nSPS) is 15.5. The fourth-order valence-corrected chi connectivity index (χ4v) is 3.10. The van der Waals surface area contributed by atoms with Crippen molar-refractivity contribution in [1.29, 1.82) is 0 Å². The molecule has 0 saturated carbocycles. The molecule has 0 aliphatic carbocycles. The Morgan fingerprint density at radius 1 is 1.04 bits per heavy atom. The summed E-state index contributed by atoms with van der Waals surface area (Å²) in [4.78, 5) is 18.9. The van der Waals surface area contributed by atoms with Crippen LogP contribution in [0, 0.1) is 0 Å². The van der Waals surface area contributed by atoms with E-state index in [-0.39, 0.29) is 5.78 Å². The molecule has 3 rings (SSSR count). The molecule has 2 N–H and O–H groups in total. The lowest BCUT2D eigenvalue weighted by atomic mass is 10.1. The van der Waals surface area contributed by atoms with Gasteiger partial charge in [-0.25, -0.2) is 4.98 Å². The first-order chi connectivity index (χ1) is 11.2. The highest BCUT2D eigenvalue weighted by Gasteiger charge is 2.15. The molecule has 0 radical (unpaired) electrons. The van der Waals surface area contributed by atoms with Gasteiger partial charge in [-0.05, 0) is 43.6 Å². The number of nitrogens with zero attached hydrogens (tertiary/aromatic N) is 2. The first-order valence-corrected chi connectivity index (χ1v) is 8.27. The van der Waals surface area contributed by atoms with Crippen LogP contribution in [0.3, 0.4) is 0 Å². The molecule has 0 unspecified atom stereocenters. The number of nitrogen functional groups attached to an aromatic ring is 1. The van der Waals surface area contributed by atoms with E-state index in [2.05, 4.69) is 9.88 Å². The Balaban J connectivity index is 1.64. The van der Waals surface area contributed by atoms with Crippen molar-refractivity contribution < 1.29 is 4.79 Å². The molecule has 4 nitrogen and oxygen atoms in total. The summed E-state index contributed by atoms with van der Waals surface area (Å²) in [5.41, 5.74) is 8.79. The third-order valence-corrected chi connectivity index (χ3v) is 4.29. The number of nitrogens with two attached hydrogens (primary N) is 1. The quantitative estimate of drug-likeness (QED) is 0.922. The average molecular weight is 309 g/mol. The molecular weight excluding hydrogens is 286 g/mol. The van der Waals surface area contributed by atoms with Gasteiger partial charge in [-0.1, -0.05) is 36.8 Å². The largest absolute Gasteiger partial charge is 0.383 e. The Morgan fingerprint density at radius 2 is 1.78 bits per heavy atom. The number of piperidine rings is 1. The molecule has 1 aliphatic rings. The minimum absolute atomic E-state index is 0.214. The second-order valence-electron chi connectivity index (χ2n) is 6.15. The van der Waals surface area contributed by atoms with Crippen LogP contribution in [0.15, 0.2) is 42.5 Å². The van der Waals surface area contributed by atoms with E-state index < -0.39 is 0 Å². The SMILES string of the molecule is Nc1nc(CC(=O)CN2CCCCC2)ccc1-c1ccccc1. The van der Waals surface area contributed by atoms with Gasteiger partial charge in [0, 0.05) is 5.56 Å². The summed E-state index contributed by atoms with van der Waals surface area (Å²) < 4.78 is 0. The third kappa shape index (κ3) is 4.17. The molecule has 1 aromatic heterocycles. The Kier molecular flexibility index (Phi) is 5.03. The van der Waals surface area contributed by atoms with E-state index in [0.717, 1.165) is 29.9 Å². The van der Waals surface area contributed by atoms with Gasteiger partial charge in [0.1, 0.15) is 5.82 Å².